The molecule has 0 saturated carbocycles. The Morgan fingerprint density at radius 3 is 2.89 bits per heavy atom. The molecule has 0 aromatic heterocycles. The zero-order chi connectivity index (χ0) is 13.1. The van der Waals surface area contributed by atoms with Crippen LogP contribution < -0.4 is 5.73 Å². The van der Waals surface area contributed by atoms with Crippen LogP contribution in [0.5, 0.6) is 0 Å². The second-order valence-electron chi connectivity index (χ2n) is 4.55. The average Bonchev–Trinajstić information content (AvgIpc) is 2.81. The highest BCUT2D eigenvalue weighted by Crippen LogP contribution is 2.20. The molecule has 1 aliphatic rings. The van der Waals surface area contributed by atoms with Crippen molar-refractivity contribution < 1.29 is 9.53 Å². The van der Waals surface area contributed by atoms with Gasteiger partial charge in [-0.1, -0.05) is 15.9 Å². The summed E-state index contributed by atoms with van der Waals surface area (Å²) in [5.41, 5.74) is 6.89. The van der Waals surface area contributed by atoms with E-state index in [2.05, 4.69) is 15.9 Å². The van der Waals surface area contributed by atoms with Crippen molar-refractivity contribution in [2.24, 2.45) is 0 Å². The van der Waals surface area contributed by atoms with E-state index in [0.29, 0.717) is 17.8 Å². The van der Waals surface area contributed by atoms with Crippen LogP contribution in [0, 0.1) is 0 Å². The molecule has 0 bridgehead atoms. The number of carbonyl (C=O) groups is 1. The zero-order valence-electron chi connectivity index (χ0n) is 10.8. The van der Waals surface area contributed by atoms with Crippen molar-refractivity contribution in [2.45, 2.75) is 18.9 Å². The lowest BCUT2D eigenvalue weighted by molar-refractivity contribution is 0.0588. The maximum atomic E-state index is 12.2. The highest BCUT2D eigenvalue weighted by atomic mass is 79.9. The maximum Gasteiger partial charge on any atom is 0.255 e. The summed E-state index contributed by atoms with van der Waals surface area (Å²) in [5.74, 6) is -0.0597. The molecule has 4 nitrogen and oxygen atoms in total. The van der Waals surface area contributed by atoms with Crippen molar-refractivity contribution in [1.29, 1.82) is 0 Å². The van der Waals surface area contributed by atoms with Crippen molar-refractivity contribution in [2.75, 3.05) is 25.9 Å². The SMILES string of the molecule is CN(CC1CCCO1)C(=O)c1ccc(Br)cc1N.Cl. The fraction of sp³-hybridized carbons (Fsp3) is 0.462. The van der Waals surface area contributed by atoms with Gasteiger partial charge in [-0.05, 0) is 31.0 Å². The summed E-state index contributed by atoms with van der Waals surface area (Å²) in [5, 5.41) is 0. The number of hydrogen-bond acceptors (Lipinski definition) is 3. The quantitative estimate of drug-likeness (QED) is 0.854. The Kier molecular flexibility index (Phi) is 6.10. The van der Waals surface area contributed by atoms with Gasteiger partial charge < -0.3 is 15.4 Å². The van der Waals surface area contributed by atoms with E-state index in [1.54, 1.807) is 24.1 Å². The van der Waals surface area contributed by atoms with Gasteiger partial charge in [0.15, 0.2) is 0 Å². The predicted molar refractivity (Wildman–Crippen MR) is 81.7 cm³/mol. The summed E-state index contributed by atoms with van der Waals surface area (Å²) in [6.07, 6.45) is 2.26. The number of rotatable bonds is 3. The van der Waals surface area contributed by atoms with Crippen LogP contribution in [-0.4, -0.2) is 37.1 Å². The Hall–Kier alpha value is -0.780. The summed E-state index contributed by atoms with van der Waals surface area (Å²) in [6, 6.07) is 5.31. The summed E-state index contributed by atoms with van der Waals surface area (Å²) < 4.78 is 6.40. The summed E-state index contributed by atoms with van der Waals surface area (Å²) in [4.78, 5) is 13.9. The minimum absolute atomic E-state index is 0. The number of nitrogens with two attached hydrogens (primary N) is 1. The molecule has 0 aliphatic carbocycles. The van der Waals surface area contributed by atoms with Crippen LogP contribution in [0.4, 0.5) is 5.69 Å². The van der Waals surface area contributed by atoms with Crippen molar-refractivity contribution in [3.05, 3.63) is 28.2 Å². The molecule has 1 heterocycles. The van der Waals surface area contributed by atoms with Gasteiger partial charge >= 0.3 is 0 Å². The Morgan fingerprint density at radius 1 is 1.58 bits per heavy atom. The van der Waals surface area contributed by atoms with Crippen LogP contribution in [0.3, 0.4) is 0 Å². The number of halogens is 2. The van der Waals surface area contributed by atoms with Gasteiger partial charge in [-0.25, -0.2) is 0 Å². The van der Waals surface area contributed by atoms with Crippen LogP contribution in [0.2, 0.25) is 0 Å². The smallest absolute Gasteiger partial charge is 0.255 e. The van der Waals surface area contributed by atoms with Gasteiger partial charge in [0.25, 0.3) is 5.91 Å². The Balaban J connectivity index is 0.00000180. The first-order valence-electron chi connectivity index (χ1n) is 6.00. The Labute approximate surface area is 127 Å². The van der Waals surface area contributed by atoms with Crippen LogP contribution in [0.25, 0.3) is 0 Å². The standard InChI is InChI=1S/C13H17BrN2O2.ClH/c1-16(8-10-3-2-6-18-10)13(17)11-5-4-9(14)7-12(11)15;/h4-5,7,10H,2-3,6,8,15H2,1H3;1H. The van der Waals surface area contributed by atoms with Gasteiger partial charge in [-0.2, -0.15) is 0 Å². The number of carbonyl (C=O) groups excluding carboxylic acids is 1. The molecule has 1 aromatic rings. The molecule has 19 heavy (non-hydrogen) atoms. The zero-order valence-corrected chi connectivity index (χ0v) is 13.2. The first kappa shape index (κ1) is 16.3. The molecule has 2 N–H and O–H groups in total. The first-order valence-corrected chi connectivity index (χ1v) is 6.79. The van der Waals surface area contributed by atoms with E-state index < -0.39 is 0 Å². The van der Waals surface area contributed by atoms with Crippen molar-refractivity contribution in [3.8, 4) is 0 Å². The van der Waals surface area contributed by atoms with E-state index in [9.17, 15) is 4.79 Å². The normalized spacial score (nSPS) is 17.9. The number of amides is 1. The predicted octanol–water partition coefficient (Wildman–Crippen LogP) is 2.70. The third kappa shape index (κ3) is 4.09. The molecule has 1 saturated heterocycles. The van der Waals surface area contributed by atoms with Crippen LogP contribution in [0.15, 0.2) is 22.7 Å². The molecule has 0 spiro atoms. The molecule has 1 unspecified atom stereocenters. The first-order chi connectivity index (χ1) is 8.58. The highest BCUT2D eigenvalue weighted by molar-refractivity contribution is 9.10. The lowest BCUT2D eigenvalue weighted by Gasteiger charge is -2.21. The van der Waals surface area contributed by atoms with E-state index >= 15 is 0 Å². The number of hydrogen-bond donors (Lipinski definition) is 1. The summed E-state index contributed by atoms with van der Waals surface area (Å²) in [7, 11) is 1.78. The van der Waals surface area contributed by atoms with E-state index in [0.717, 1.165) is 23.9 Å². The van der Waals surface area contributed by atoms with Gasteiger partial charge in [0.05, 0.1) is 11.7 Å². The van der Waals surface area contributed by atoms with E-state index in [1.165, 1.54) is 0 Å². The molecule has 1 aromatic carbocycles. The molecular formula is C13H18BrClN2O2. The molecule has 6 heteroatoms. The lowest BCUT2D eigenvalue weighted by Crippen LogP contribution is -2.34. The fourth-order valence-electron chi connectivity index (χ4n) is 2.11. The minimum atomic E-state index is -0.0597. The second kappa shape index (κ2) is 7.12. The van der Waals surface area contributed by atoms with Crippen LogP contribution >= 0.6 is 28.3 Å². The van der Waals surface area contributed by atoms with E-state index in [-0.39, 0.29) is 24.4 Å². The average molecular weight is 350 g/mol. The number of likely N-dealkylation sites (N-methyl/N-ethyl adjacent to an activating group) is 1. The van der Waals surface area contributed by atoms with E-state index in [1.807, 2.05) is 6.07 Å². The number of benzene rings is 1. The molecule has 0 radical (unpaired) electrons. The lowest BCUT2D eigenvalue weighted by atomic mass is 10.1. The number of ether oxygens (including phenoxy) is 1. The van der Waals surface area contributed by atoms with E-state index in [4.69, 9.17) is 10.5 Å². The highest BCUT2D eigenvalue weighted by Gasteiger charge is 2.21. The van der Waals surface area contributed by atoms with Crippen molar-refractivity contribution in [3.63, 3.8) is 0 Å². The second-order valence-corrected chi connectivity index (χ2v) is 5.47. The van der Waals surface area contributed by atoms with Gasteiger partial charge in [-0.3, -0.25) is 4.79 Å². The monoisotopic (exact) mass is 348 g/mol. The molecule has 2 rings (SSSR count). The molecule has 1 aliphatic heterocycles. The minimum Gasteiger partial charge on any atom is -0.398 e. The van der Waals surface area contributed by atoms with Crippen LogP contribution in [-0.2, 0) is 4.74 Å². The number of nitrogens with zero attached hydrogens (tertiary/aromatic N) is 1. The molecule has 1 fully saturated rings. The van der Waals surface area contributed by atoms with Crippen molar-refractivity contribution >= 4 is 39.9 Å². The van der Waals surface area contributed by atoms with Gasteiger partial charge in [0.1, 0.15) is 0 Å². The molecule has 1 amide bonds. The Bertz CT molecular complexity index is 450. The third-order valence-corrected chi connectivity index (χ3v) is 3.59. The topological polar surface area (TPSA) is 55.6 Å². The van der Waals surface area contributed by atoms with Gasteiger partial charge in [0, 0.05) is 30.4 Å². The summed E-state index contributed by atoms with van der Waals surface area (Å²) >= 11 is 3.33. The molecule has 1 atom stereocenters. The Morgan fingerprint density at radius 2 is 2.32 bits per heavy atom. The van der Waals surface area contributed by atoms with Crippen molar-refractivity contribution in [1.82, 2.24) is 4.90 Å². The van der Waals surface area contributed by atoms with Crippen LogP contribution in [0.1, 0.15) is 23.2 Å². The van der Waals surface area contributed by atoms with Gasteiger partial charge in [0.2, 0.25) is 0 Å². The number of anilines is 1. The summed E-state index contributed by atoms with van der Waals surface area (Å²) in [6.45, 7) is 1.42. The molecular weight excluding hydrogens is 332 g/mol. The largest absolute Gasteiger partial charge is 0.398 e. The fourth-order valence-corrected chi connectivity index (χ4v) is 2.49. The number of nitrogen functional groups attached to an aromatic ring is 1. The molecule has 106 valence electrons. The van der Waals surface area contributed by atoms with Gasteiger partial charge in [-0.15, -0.1) is 12.4 Å². The third-order valence-electron chi connectivity index (χ3n) is 3.09. The maximum absolute atomic E-state index is 12.2.